The molecule has 1 aromatic heterocycles. The number of halogens is 2. The molecule has 1 heterocycles. The Kier molecular flexibility index (Phi) is 3.08. The predicted molar refractivity (Wildman–Crippen MR) is 48.2 cm³/mol. The van der Waals surface area contributed by atoms with Crippen LogP contribution in [0.25, 0.3) is 0 Å². The average Bonchev–Trinajstić information content (AvgIpc) is 2.10. The van der Waals surface area contributed by atoms with Gasteiger partial charge in [0, 0.05) is 6.20 Å². The second-order valence-corrected chi connectivity index (χ2v) is 3.06. The van der Waals surface area contributed by atoms with E-state index in [2.05, 4.69) is 4.98 Å². The molecule has 0 atom stereocenters. The van der Waals surface area contributed by atoms with Crippen LogP contribution in [-0.2, 0) is 0 Å². The zero-order chi connectivity index (χ0) is 9.84. The van der Waals surface area contributed by atoms with Crippen molar-refractivity contribution in [2.45, 2.75) is 5.92 Å². The number of hydrogen-bond donors (Lipinski definition) is 0. The topological polar surface area (TPSA) is 60.5 Å². The molecule has 0 aliphatic heterocycles. The molecule has 0 bridgehead atoms. The van der Waals surface area contributed by atoms with Crippen molar-refractivity contribution in [3.63, 3.8) is 0 Å². The maximum atomic E-state index is 8.57. The lowest BCUT2D eigenvalue weighted by molar-refractivity contribution is 1.01. The van der Waals surface area contributed by atoms with Crippen LogP contribution in [0.15, 0.2) is 12.3 Å². The van der Waals surface area contributed by atoms with Gasteiger partial charge in [-0.3, -0.25) is 4.98 Å². The largest absolute Gasteiger partial charge is 0.256 e. The van der Waals surface area contributed by atoms with Gasteiger partial charge in [-0.15, -0.1) is 0 Å². The molecule has 0 spiro atoms. The highest BCUT2D eigenvalue weighted by Crippen LogP contribution is 2.24. The van der Waals surface area contributed by atoms with Crippen LogP contribution in [0.4, 0.5) is 0 Å². The van der Waals surface area contributed by atoms with Crippen molar-refractivity contribution < 1.29 is 0 Å². The number of pyridine rings is 1. The summed E-state index contributed by atoms with van der Waals surface area (Å²) in [5, 5.41) is 17.8. The molecule has 1 rings (SSSR count). The zero-order valence-corrected chi connectivity index (χ0v) is 7.84. The van der Waals surface area contributed by atoms with Gasteiger partial charge in [-0.1, -0.05) is 23.2 Å². The molecule has 0 amide bonds. The summed E-state index contributed by atoms with van der Waals surface area (Å²) in [6.45, 7) is 0. The van der Waals surface area contributed by atoms with Gasteiger partial charge >= 0.3 is 0 Å². The van der Waals surface area contributed by atoms with Gasteiger partial charge in [0.1, 0.15) is 0 Å². The van der Waals surface area contributed by atoms with E-state index in [-0.39, 0.29) is 10.7 Å². The van der Waals surface area contributed by atoms with Crippen LogP contribution in [0.3, 0.4) is 0 Å². The molecule has 64 valence electrons. The smallest absolute Gasteiger partial charge is 0.176 e. The minimum absolute atomic E-state index is 0.237. The van der Waals surface area contributed by atoms with E-state index in [1.165, 1.54) is 12.3 Å². The Morgan fingerprint density at radius 2 is 1.92 bits per heavy atom. The van der Waals surface area contributed by atoms with E-state index >= 15 is 0 Å². The number of aromatic nitrogens is 1. The number of hydrogen-bond acceptors (Lipinski definition) is 3. The van der Waals surface area contributed by atoms with Gasteiger partial charge in [0.05, 0.1) is 27.9 Å². The van der Waals surface area contributed by atoms with Crippen LogP contribution in [0.5, 0.6) is 0 Å². The summed E-state index contributed by atoms with van der Waals surface area (Å²) < 4.78 is 0. The first-order valence-corrected chi connectivity index (χ1v) is 4.04. The van der Waals surface area contributed by atoms with Crippen LogP contribution >= 0.6 is 23.2 Å². The molecule has 13 heavy (non-hydrogen) atoms. The second kappa shape index (κ2) is 4.09. The number of rotatable bonds is 1. The molecule has 5 heteroatoms. The van der Waals surface area contributed by atoms with Gasteiger partial charge in [0.15, 0.2) is 5.92 Å². The monoisotopic (exact) mass is 211 g/mol. The van der Waals surface area contributed by atoms with E-state index < -0.39 is 5.92 Å². The first kappa shape index (κ1) is 9.80. The van der Waals surface area contributed by atoms with Crippen molar-refractivity contribution in [2.24, 2.45) is 0 Å². The van der Waals surface area contributed by atoms with Crippen molar-refractivity contribution in [3.8, 4) is 12.1 Å². The summed E-state index contributed by atoms with van der Waals surface area (Å²) in [5.41, 5.74) is 0.246. The van der Waals surface area contributed by atoms with E-state index in [0.717, 1.165) is 0 Å². The Hall–Kier alpha value is -1.29. The molecule has 0 N–H and O–H groups in total. The minimum Gasteiger partial charge on any atom is -0.256 e. The number of nitriles is 2. The summed E-state index contributed by atoms with van der Waals surface area (Å²) in [5.74, 6) is -0.940. The summed E-state index contributed by atoms with van der Waals surface area (Å²) in [6, 6.07) is 5.01. The Labute approximate surface area is 85.1 Å². The summed E-state index contributed by atoms with van der Waals surface area (Å²) in [7, 11) is 0. The van der Waals surface area contributed by atoms with Gasteiger partial charge in [-0.25, -0.2) is 0 Å². The molecule has 0 unspecified atom stereocenters. The first-order chi connectivity index (χ1) is 6.19. The molecule has 0 aliphatic rings. The fourth-order valence-corrected chi connectivity index (χ4v) is 1.28. The number of nitrogens with zero attached hydrogens (tertiary/aromatic N) is 3. The second-order valence-electron chi connectivity index (χ2n) is 2.21. The van der Waals surface area contributed by atoms with Crippen molar-refractivity contribution in [3.05, 3.63) is 28.0 Å². The Morgan fingerprint density at radius 3 is 2.38 bits per heavy atom. The molecular formula is C8H3Cl2N3. The zero-order valence-electron chi connectivity index (χ0n) is 6.33. The van der Waals surface area contributed by atoms with E-state index in [1.54, 1.807) is 12.1 Å². The van der Waals surface area contributed by atoms with Crippen molar-refractivity contribution in [1.82, 2.24) is 4.98 Å². The van der Waals surface area contributed by atoms with Crippen molar-refractivity contribution in [1.29, 1.82) is 10.5 Å². The fourth-order valence-electron chi connectivity index (χ4n) is 0.789. The molecule has 0 saturated heterocycles. The van der Waals surface area contributed by atoms with Gasteiger partial charge in [-0.05, 0) is 6.07 Å². The molecule has 0 saturated carbocycles. The van der Waals surface area contributed by atoms with Crippen molar-refractivity contribution in [2.75, 3.05) is 0 Å². The van der Waals surface area contributed by atoms with Crippen LogP contribution in [0, 0.1) is 22.7 Å². The lowest BCUT2D eigenvalue weighted by atomic mass is 10.1. The van der Waals surface area contributed by atoms with Crippen LogP contribution in [0.1, 0.15) is 11.6 Å². The lowest BCUT2D eigenvalue weighted by Gasteiger charge is -2.01. The van der Waals surface area contributed by atoms with E-state index in [1.807, 2.05) is 0 Å². The molecule has 0 fully saturated rings. The third-order valence-electron chi connectivity index (χ3n) is 1.37. The standard InChI is InChI=1S/C8H3Cl2N3/c9-6-1-7(10)8(13-4-6)5(2-11)3-12/h1,4-5H. The van der Waals surface area contributed by atoms with Crippen molar-refractivity contribution >= 4 is 23.2 Å². The summed E-state index contributed by atoms with van der Waals surface area (Å²) in [6.07, 6.45) is 1.35. The quantitative estimate of drug-likeness (QED) is 0.718. The summed E-state index contributed by atoms with van der Waals surface area (Å²) in [4.78, 5) is 3.81. The maximum Gasteiger partial charge on any atom is 0.176 e. The predicted octanol–water partition coefficient (Wildman–Crippen LogP) is 2.52. The molecule has 0 aliphatic carbocycles. The molecule has 0 radical (unpaired) electrons. The van der Waals surface area contributed by atoms with Gasteiger partial charge < -0.3 is 0 Å². The van der Waals surface area contributed by atoms with Crippen LogP contribution in [-0.4, -0.2) is 4.98 Å². The van der Waals surface area contributed by atoms with Gasteiger partial charge in [0.25, 0.3) is 0 Å². The maximum absolute atomic E-state index is 8.57. The van der Waals surface area contributed by atoms with E-state index in [4.69, 9.17) is 33.7 Å². The molecule has 0 aromatic carbocycles. The van der Waals surface area contributed by atoms with Gasteiger partial charge in [0.2, 0.25) is 0 Å². The Bertz CT molecular complexity index is 389. The van der Waals surface area contributed by atoms with E-state index in [0.29, 0.717) is 5.02 Å². The Balaban J connectivity index is 3.18. The first-order valence-electron chi connectivity index (χ1n) is 3.29. The highest BCUT2D eigenvalue weighted by molar-refractivity contribution is 6.34. The lowest BCUT2D eigenvalue weighted by Crippen LogP contribution is -1.96. The third-order valence-corrected chi connectivity index (χ3v) is 1.88. The van der Waals surface area contributed by atoms with E-state index in [9.17, 15) is 0 Å². The molecule has 1 aromatic rings. The molecule has 3 nitrogen and oxygen atoms in total. The highest BCUT2D eigenvalue weighted by Gasteiger charge is 2.14. The highest BCUT2D eigenvalue weighted by atomic mass is 35.5. The molecular weight excluding hydrogens is 209 g/mol. The average molecular weight is 212 g/mol. The SMILES string of the molecule is N#CC(C#N)c1ncc(Cl)cc1Cl. The van der Waals surface area contributed by atoms with Gasteiger partial charge in [-0.2, -0.15) is 10.5 Å². The van der Waals surface area contributed by atoms with Crippen LogP contribution in [0.2, 0.25) is 10.0 Å². The fraction of sp³-hybridized carbons (Fsp3) is 0.125. The minimum atomic E-state index is -0.940. The third kappa shape index (κ3) is 2.09. The Morgan fingerprint density at radius 1 is 1.31 bits per heavy atom. The summed E-state index contributed by atoms with van der Waals surface area (Å²) >= 11 is 11.3. The normalized spacial score (nSPS) is 9.31. The van der Waals surface area contributed by atoms with Crippen LogP contribution < -0.4 is 0 Å².